The van der Waals surface area contributed by atoms with E-state index in [-0.39, 0.29) is 5.82 Å². The van der Waals surface area contributed by atoms with Crippen LogP contribution in [0.4, 0.5) is 21.5 Å². The minimum atomic E-state index is -0.365. The standard InChI is InChI=1S/C11H10FN3/c12-8-5-11(7-14-6-8)15-10-3-1-9(13)2-4-10/h1-7,15H,13H2. The Kier molecular flexibility index (Phi) is 2.49. The Morgan fingerprint density at radius 1 is 1.07 bits per heavy atom. The number of nitrogens with one attached hydrogen (secondary N) is 1. The van der Waals surface area contributed by atoms with Crippen molar-refractivity contribution in [1.29, 1.82) is 0 Å². The molecule has 3 N–H and O–H groups in total. The van der Waals surface area contributed by atoms with Crippen LogP contribution in [0.25, 0.3) is 0 Å². The van der Waals surface area contributed by atoms with E-state index in [1.807, 2.05) is 12.1 Å². The van der Waals surface area contributed by atoms with Crippen LogP contribution in [0.15, 0.2) is 42.7 Å². The fourth-order valence-electron chi connectivity index (χ4n) is 1.21. The van der Waals surface area contributed by atoms with Crippen LogP contribution in [0.1, 0.15) is 0 Å². The lowest BCUT2D eigenvalue weighted by Crippen LogP contribution is -1.92. The number of anilines is 3. The Bertz CT molecular complexity index is 454. The van der Waals surface area contributed by atoms with Crippen molar-refractivity contribution >= 4 is 17.1 Å². The van der Waals surface area contributed by atoms with Crippen molar-refractivity contribution in [2.75, 3.05) is 11.1 Å². The summed E-state index contributed by atoms with van der Waals surface area (Å²) in [5.41, 5.74) is 7.69. The van der Waals surface area contributed by atoms with Crippen molar-refractivity contribution < 1.29 is 4.39 Å². The Balaban J connectivity index is 2.18. The molecule has 0 bridgehead atoms. The maximum absolute atomic E-state index is 12.8. The molecule has 1 aromatic heterocycles. The van der Waals surface area contributed by atoms with Crippen LogP contribution in [-0.2, 0) is 0 Å². The van der Waals surface area contributed by atoms with Gasteiger partial charge in [0.2, 0.25) is 0 Å². The molecule has 0 spiro atoms. The number of rotatable bonds is 2. The summed E-state index contributed by atoms with van der Waals surface area (Å²) >= 11 is 0. The largest absolute Gasteiger partial charge is 0.399 e. The molecule has 0 saturated carbocycles. The number of hydrogen-bond acceptors (Lipinski definition) is 3. The zero-order valence-corrected chi connectivity index (χ0v) is 7.94. The van der Waals surface area contributed by atoms with Gasteiger partial charge in [0, 0.05) is 17.4 Å². The highest BCUT2D eigenvalue weighted by atomic mass is 19.1. The van der Waals surface area contributed by atoms with Crippen molar-refractivity contribution in [2.24, 2.45) is 0 Å². The van der Waals surface area contributed by atoms with Crippen LogP contribution in [0.2, 0.25) is 0 Å². The summed E-state index contributed by atoms with van der Waals surface area (Å²) in [5, 5.41) is 3.01. The zero-order valence-electron chi connectivity index (χ0n) is 7.94. The van der Waals surface area contributed by atoms with Crippen molar-refractivity contribution in [3.05, 3.63) is 48.5 Å². The SMILES string of the molecule is Nc1ccc(Nc2cncc(F)c2)cc1. The van der Waals surface area contributed by atoms with E-state index in [1.165, 1.54) is 6.07 Å². The number of benzene rings is 1. The van der Waals surface area contributed by atoms with Crippen molar-refractivity contribution in [3.63, 3.8) is 0 Å². The van der Waals surface area contributed by atoms with Gasteiger partial charge in [0.05, 0.1) is 18.1 Å². The predicted octanol–water partition coefficient (Wildman–Crippen LogP) is 2.55. The van der Waals surface area contributed by atoms with Crippen LogP contribution in [0.5, 0.6) is 0 Å². The summed E-state index contributed by atoms with van der Waals surface area (Å²) < 4.78 is 12.8. The van der Waals surface area contributed by atoms with E-state index in [0.29, 0.717) is 11.4 Å². The number of halogens is 1. The molecule has 0 aliphatic rings. The van der Waals surface area contributed by atoms with E-state index in [0.717, 1.165) is 11.9 Å². The minimum Gasteiger partial charge on any atom is -0.399 e. The smallest absolute Gasteiger partial charge is 0.143 e. The highest BCUT2D eigenvalue weighted by Gasteiger charge is 1.96. The second-order valence-electron chi connectivity index (χ2n) is 3.14. The average Bonchev–Trinajstić information content (AvgIpc) is 2.22. The number of hydrogen-bond donors (Lipinski definition) is 2. The molecule has 0 aliphatic carbocycles. The van der Waals surface area contributed by atoms with E-state index < -0.39 is 0 Å². The third kappa shape index (κ3) is 2.43. The zero-order chi connectivity index (χ0) is 10.7. The van der Waals surface area contributed by atoms with E-state index in [1.54, 1.807) is 18.3 Å². The molecule has 0 aliphatic heterocycles. The lowest BCUT2D eigenvalue weighted by Gasteiger charge is -2.05. The van der Waals surface area contributed by atoms with Gasteiger partial charge in [-0.15, -0.1) is 0 Å². The highest BCUT2D eigenvalue weighted by Crippen LogP contribution is 2.17. The quantitative estimate of drug-likeness (QED) is 0.737. The van der Waals surface area contributed by atoms with Crippen LogP contribution in [0, 0.1) is 5.82 Å². The average molecular weight is 203 g/mol. The number of nitrogen functional groups attached to an aromatic ring is 1. The first-order valence-corrected chi connectivity index (χ1v) is 4.47. The molecule has 2 rings (SSSR count). The van der Waals surface area contributed by atoms with Crippen molar-refractivity contribution in [1.82, 2.24) is 4.98 Å². The molecule has 0 amide bonds. The molecule has 0 radical (unpaired) electrons. The number of nitrogens with two attached hydrogens (primary N) is 1. The van der Waals surface area contributed by atoms with E-state index >= 15 is 0 Å². The van der Waals surface area contributed by atoms with Gasteiger partial charge in [-0.05, 0) is 24.3 Å². The van der Waals surface area contributed by atoms with E-state index in [9.17, 15) is 4.39 Å². The van der Waals surface area contributed by atoms with Crippen molar-refractivity contribution in [3.8, 4) is 0 Å². The molecule has 0 fully saturated rings. The fraction of sp³-hybridized carbons (Fsp3) is 0. The molecule has 2 aromatic rings. The molecule has 3 nitrogen and oxygen atoms in total. The maximum atomic E-state index is 12.8. The van der Waals surface area contributed by atoms with Crippen LogP contribution >= 0.6 is 0 Å². The second-order valence-corrected chi connectivity index (χ2v) is 3.14. The molecular weight excluding hydrogens is 193 g/mol. The Labute approximate surface area is 86.8 Å². The summed E-state index contributed by atoms with van der Waals surface area (Å²) in [6.07, 6.45) is 2.72. The number of aromatic nitrogens is 1. The van der Waals surface area contributed by atoms with Gasteiger partial charge in [0.15, 0.2) is 0 Å². The molecule has 0 atom stereocenters. The van der Waals surface area contributed by atoms with Crippen LogP contribution in [-0.4, -0.2) is 4.98 Å². The first-order chi connectivity index (χ1) is 7.24. The summed E-state index contributed by atoms with van der Waals surface area (Å²) in [6.45, 7) is 0. The number of nitrogens with zero attached hydrogens (tertiary/aromatic N) is 1. The Hall–Kier alpha value is -2.10. The van der Waals surface area contributed by atoms with E-state index in [2.05, 4.69) is 10.3 Å². The second kappa shape index (κ2) is 3.96. The Morgan fingerprint density at radius 2 is 1.80 bits per heavy atom. The highest BCUT2D eigenvalue weighted by molar-refractivity contribution is 5.60. The van der Waals surface area contributed by atoms with Gasteiger partial charge in [-0.3, -0.25) is 4.98 Å². The van der Waals surface area contributed by atoms with Crippen LogP contribution in [0.3, 0.4) is 0 Å². The molecule has 0 unspecified atom stereocenters. The first kappa shape index (κ1) is 9.45. The Morgan fingerprint density at radius 3 is 2.47 bits per heavy atom. The predicted molar refractivity (Wildman–Crippen MR) is 58.3 cm³/mol. The summed E-state index contributed by atoms with van der Waals surface area (Å²) in [6, 6.07) is 8.56. The molecule has 4 heteroatoms. The fourth-order valence-corrected chi connectivity index (χ4v) is 1.21. The molecule has 76 valence electrons. The minimum absolute atomic E-state index is 0.365. The molecule has 1 heterocycles. The van der Waals surface area contributed by atoms with Crippen LogP contribution < -0.4 is 11.1 Å². The van der Waals surface area contributed by atoms with Gasteiger partial charge < -0.3 is 11.1 Å². The van der Waals surface area contributed by atoms with Gasteiger partial charge in [-0.25, -0.2) is 4.39 Å². The van der Waals surface area contributed by atoms with E-state index in [4.69, 9.17) is 5.73 Å². The summed E-state index contributed by atoms with van der Waals surface area (Å²) in [5.74, 6) is -0.365. The van der Waals surface area contributed by atoms with Gasteiger partial charge >= 0.3 is 0 Å². The lowest BCUT2D eigenvalue weighted by atomic mass is 10.3. The summed E-state index contributed by atoms with van der Waals surface area (Å²) in [4.78, 5) is 3.74. The molecule has 0 saturated heterocycles. The molecule has 1 aromatic carbocycles. The summed E-state index contributed by atoms with van der Waals surface area (Å²) in [7, 11) is 0. The third-order valence-electron chi connectivity index (χ3n) is 1.90. The molecular formula is C11H10FN3. The first-order valence-electron chi connectivity index (χ1n) is 4.47. The maximum Gasteiger partial charge on any atom is 0.143 e. The van der Waals surface area contributed by atoms with Gasteiger partial charge in [-0.2, -0.15) is 0 Å². The van der Waals surface area contributed by atoms with Gasteiger partial charge in [0.1, 0.15) is 5.82 Å². The third-order valence-corrected chi connectivity index (χ3v) is 1.90. The van der Waals surface area contributed by atoms with Gasteiger partial charge in [0.25, 0.3) is 0 Å². The molecule has 15 heavy (non-hydrogen) atoms. The number of pyridine rings is 1. The lowest BCUT2D eigenvalue weighted by molar-refractivity contribution is 0.622. The monoisotopic (exact) mass is 203 g/mol. The van der Waals surface area contributed by atoms with Gasteiger partial charge in [-0.1, -0.05) is 0 Å². The topological polar surface area (TPSA) is 50.9 Å². The van der Waals surface area contributed by atoms with Crippen molar-refractivity contribution in [2.45, 2.75) is 0 Å². The normalized spacial score (nSPS) is 9.93.